The van der Waals surface area contributed by atoms with Gasteiger partial charge >= 0.3 is 5.69 Å². The monoisotopic (exact) mass is 498 g/mol. The van der Waals surface area contributed by atoms with Crippen LogP contribution in [0.25, 0.3) is 11.1 Å². The predicted octanol–water partition coefficient (Wildman–Crippen LogP) is 5.34. The van der Waals surface area contributed by atoms with Gasteiger partial charge in [0.25, 0.3) is 5.91 Å². The van der Waals surface area contributed by atoms with E-state index in [1.807, 2.05) is 0 Å². The lowest BCUT2D eigenvalue weighted by Crippen LogP contribution is -2.25. The van der Waals surface area contributed by atoms with Crippen LogP contribution in [0.3, 0.4) is 0 Å². The van der Waals surface area contributed by atoms with E-state index in [0.717, 1.165) is 0 Å². The second-order valence-corrected chi connectivity index (χ2v) is 8.23. The number of nitrogens with one attached hydrogen (secondary N) is 1. The summed E-state index contributed by atoms with van der Waals surface area (Å²) >= 11 is 12.1. The molecule has 0 aliphatic carbocycles. The van der Waals surface area contributed by atoms with E-state index in [1.165, 1.54) is 4.57 Å². The Kier molecular flexibility index (Phi) is 8.51. The van der Waals surface area contributed by atoms with Crippen molar-refractivity contribution >= 4 is 40.6 Å². The van der Waals surface area contributed by atoms with Crippen LogP contribution in [0.5, 0.6) is 5.75 Å². The molecule has 0 saturated heterocycles. The van der Waals surface area contributed by atoms with E-state index in [1.54, 1.807) is 67.7 Å². The quantitative estimate of drug-likeness (QED) is 0.235. The fourth-order valence-electron chi connectivity index (χ4n) is 3.12. The fourth-order valence-corrected chi connectivity index (χ4v) is 3.42. The average molecular weight is 499 g/mol. The van der Waals surface area contributed by atoms with Gasteiger partial charge in [-0.3, -0.25) is 9.36 Å². The van der Waals surface area contributed by atoms with Gasteiger partial charge in [-0.15, -0.1) is 0 Å². The molecule has 3 N–H and O–H groups in total. The Morgan fingerprint density at radius 2 is 2.03 bits per heavy atom. The minimum atomic E-state index is -0.450. The van der Waals surface area contributed by atoms with Gasteiger partial charge in [0.15, 0.2) is 0 Å². The van der Waals surface area contributed by atoms with Gasteiger partial charge in [0.2, 0.25) is 0 Å². The number of aromatic nitrogens is 2. The van der Waals surface area contributed by atoms with E-state index in [4.69, 9.17) is 33.7 Å². The molecule has 0 aliphatic heterocycles. The molecule has 0 unspecified atom stereocenters. The van der Waals surface area contributed by atoms with Crippen LogP contribution >= 0.6 is 23.2 Å². The van der Waals surface area contributed by atoms with Crippen LogP contribution in [-0.2, 0) is 11.3 Å². The highest BCUT2D eigenvalue weighted by atomic mass is 35.5. The molecule has 0 aliphatic rings. The highest BCUT2D eigenvalue weighted by Crippen LogP contribution is 2.30. The van der Waals surface area contributed by atoms with Crippen LogP contribution in [-0.4, -0.2) is 22.1 Å². The van der Waals surface area contributed by atoms with Gasteiger partial charge in [0.05, 0.1) is 16.7 Å². The van der Waals surface area contributed by atoms with E-state index >= 15 is 0 Å². The third-order valence-corrected chi connectivity index (χ3v) is 5.62. The Balaban J connectivity index is 1.62. The number of halogens is 2. The largest absolute Gasteiger partial charge is 0.493 e. The molecule has 176 valence electrons. The Bertz CT molecular complexity index is 1300. The molecule has 7 nitrogen and oxygen atoms in total. The minimum Gasteiger partial charge on any atom is -0.493 e. The minimum absolute atomic E-state index is 0.118. The number of aryl methyl sites for hydroxylation is 1. The number of amides is 1. The molecular formula is C25H24Cl2N4O3. The van der Waals surface area contributed by atoms with Crippen molar-refractivity contribution in [3.63, 3.8) is 0 Å². The second-order valence-electron chi connectivity index (χ2n) is 7.41. The number of nitrogens with zero attached hydrogens (tertiary/aromatic N) is 2. The molecule has 1 amide bonds. The van der Waals surface area contributed by atoms with Crippen molar-refractivity contribution < 1.29 is 9.53 Å². The van der Waals surface area contributed by atoms with Crippen LogP contribution in [0.1, 0.15) is 13.3 Å². The first kappa shape index (κ1) is 25.1. The van der Waals surface area contributed by atoms with Crippen molar-refractivity contribution in [2.75, 3.05) is 17.7 Å². The summed E-state index contributed by atoms with van der Waals surface area (Å²) in [7, 11) is 0. The van der Waals surface area contributed by atoms with Gasteiger partial charge < -0.3 is 15.8 Å². The maximum atomic E-state index is 12.3. The first-order valence-corrected chi connectivity index (χ1v) is 11.2. The summed E-state index contributed by atoms with van der Waals surface area (Å²) in [5, 5.41) is 3.62. The molecule has 2 aromatic carbocycles. The lowest BCUT2D eigenvalue weighted by atomic mass is 10.1. The standard InChI is InChI=1S/C25H24Cl2N4O3/c1-3-6-16(2)24(32)29-18-7-4-8-19(14-18)34-12-5-11-31-15-20(23(28)30-25(31)33)17-9-10-21(26)22(27)13-17/h3-4,6-10,13-15H,1,5,11-12H2,2H3,(H,29,32)(H2,28,30,33)/b16-6+. The van der Waals surface area contributed by atoms with Crippen molar-refractivity contribution in [3.8, 4) is 16.9 Å². The van der Waals surface area contributed by atoms with Crippen LogP contribution in [0.15, 0.2) is 77.8 Å². The number of nitrogen functional groups attached to an aromatic ring is 1. The van der Waals surface area contributed by atoms with Gasteiger partial charge in [-0.1, -0.05) is 54.1 Å². The fraction of sp³-hybridized carbons (Fsp3) is 0.160. The number of carbonyl (C=O) groups excluding carboxylic acids is 1. The Morgan fingerprint density at radius 3 is 2.76 bits per heavy atom. The SMILES string of the molecule is C=C/C=C(\C)C(=O)Nc1cccc(OCCCn2cc(-c3ccc(Cl)c(Cl)c3)c(N)nc2=O)c1. The molecule has 0 saturated carbocycles. The molecule has 1 aromatic heterocycles. The third-order valence-electron chi connectivity index (χ3n) is 4.88. The van der Waals surface area contributed by atoms with Crippen molar-refractivity contribution in [3.05, 3.63) is 93.5 Å². The number of ether oxygens (including phenoxy) is 1. The molecule has 3 aromatic rings. The van der Waals surface area contributed by atoms with E-state index in [-0.39, 0.29) is 11.7 Å². The molecule has 0 fully saturated rings. The predicted molar refractivity (Wildman–Crippen MR) is 138 cm³/mol. The molecule has 0 atom stereocenters. The Morgan fingerprint density at radius 1 is 1.24 bits per heavy atom. The van der Waals surface area contributed by atoms with E-state index in [0.29, 0.717) is 57.8 Å². The van der Waals surface area contributed by atoms with Gasteiger partial charge in [-0.25, -0.2) is 4.79 Å². The smallest absolute Gasteiger partial charge is 0.349 e. The summed E-state index contributed by atoms with van der Waals surface area (Å²) in [6.45, 7) is 6.02. The summed E-state index contributed by atoms with van der Waals surface area (Å²) in [4.78, 5) is 28.3. The van der Waals surface area contributed by atoms with E-state index in [9.17, 15) is 9.59 Å². The molecule has 9 heteroatoms. The average Bonchev–Trinajstić information content (AvgIpc) is 2.80. The number of anilines is 2. The normalized spacial score (nSPS) is 11.2. The van der Waals surface area contributed by atoms with Gasteiger partial charge in [-0.05, 0) is 43.2 Å². The maximum Gasteiger partial charge on any atom is 0.349 e. The highest BCUT2D eigenvalue weighted by Gasteiger charge is 2.10. The first-order chi connectivity index (χ1) is 16.3. The zero-order valence-corrected chi connectivity index (χ0v) is 20.1. The number of rotatable bonds is 9. The number of carbonyl (C=O) groups is 1. The van der Waals surface area contributed by atoms with Crippen molar-refractivity contribution in [2.24, 2.45) is 0 Å². The maximum absolute atomic E-state index is 12.3. The summed E-state index contributed by atoms with van der Waals surface area (Å²) < 4.78 is 7.27. The lowest BCUT2D eigenvalue weighted by Gasteiger charge is -2.12. The molecule has 0 bridgehead atoms. The molecule has 1 heterocycles. The zero-order valence-electron chi connectivity index (χ0n) is 18.6. The number of hydrogen-bond acceptors (Lipinski definition) is 5. The molecular weight excluding hydrogens is 475 g/mol. The summed E-state index contributed by atoms with van der Waals surface area (Å²) in [6, 6.07) is 12.2. The number of hydrogen-bond donors (Lipinski definition) is 2. The van der Waals surface area contributed by atoms with Crippen molar-refractivity contribution in [2.45, 2.75) is 19.9 Å². The van der Waals surface area contributed by atoms with Crippen LogP contribution < -0.4 is 21.5 Å². The second kappa shape index (κ2) is 11.5. The molecule has 0 radical (unpaired) electrons. The van der Waals surface area contributed by atoms with Crippen molar-refractivity contribution in [1.29, 1.82) is 0 Å². The summed E-state index contributed by atoms with van der Waals surface area (Å²) in [5.74, 6) is 0.500. The highest BCUT2D eigenvalue weighted by molar-refractivity contribution is 6.42. The van der Waals surface area contributed by atoms with Gasteiger partial charge in [0.1, 0.15) is 11.6 Å². The van der Waals surface area contributed by atoms with E-state index < -0.39 is 5.69 Å². The van der Waals surface area contributed by atoms with Crippen LogP contribution in [0.2, 0.25) is 10.0 Å². The lowest BCUT2D eigenvalue weighted by molar-refractivity contribution is -0.112. The third kappa shape index (κ3) is 6.50. The summed E-state index contributed by atoms with van der Waals surface area (Å²) in [5.41, 5.74) is 7.97. The van der Waals surface area contributed by atoms with Gasteiger partial charge in [0, 0.05) is 35.6 Å². The van der Waals surface area contributed by atoms with Crippen molar-refractivity contribution in [1.82, 2.24) is 9.55 Å². The molecule has 3 rings (SSSR count). The number of benzene rings is 2. The number of allylic oxidation sites excluding steroid dienone is 2. The zero-order chi connectivity index (χ0) is 24.7. The van der Waals surface area contributed by atoms with Crippen LogP contribution in [0.4, 0.5) is 11.5 Å². The van der Waals surface area contributed by atoms with Crippen LogP contribution in [0, 0.1) is 0 Å². The topological polar surface area (TPSA) is 99.2 Å². The Hall–Kier alpha value is -3.55. The summed E-state index contributed by atoms with van der Waals surface area (Å²) in [6.07, 6.45) is 5.39. The van der Waals surface area contributed by atoms with E-state index in [2.05, 4.69) is 16.9 Å². The number of nitrogens with two attached hydrogens (primary N) is 1. The van der Waals surface area contributed by atoms with Gasteiger partial charge in [-0.2, -0.15) is 4.98 Å². The molecule has 34 heavy (non-hydrogen) atoms. The first-order valence-electron chi connectivity index (χ1n) is 10.4. The Labute approximate surface area is 207 Å². The molecule has 0 spiro atoms.